The summed E-state index contributed by atoms with van der Waals surface area (Å²) < 4.78 is 1.99. The van der Waals surface area contributed by atoms with E-state index in [1.807, 2.05) is 35.0 Å². The Bertz CT molecular complexity index is 689. The Hall–Kier alpha value is -2.49. The summed E-state index contributed by atoms with van der Waals surface area (Å²) in [7, 11) is 0. The number of hydrogen-bond donors (Lipinski definition) is 0. The zero-order chi connectivity index (χ0) is 12.4. The quantitative estimate of drug-likeness (QED) is 0.657. The fourth-order valence-corrected chi connectivity index (χ4v) is 2.08. The average Bonchev–Trinajstić information content (AvgIpc) is 2.83. The van der Waals surface area contributed by atoms with E-state index in [1.165, 1.54) is 0 Å². The number of aldehydes is 1. The molecule has 4 heteroatoms. The molecule has 0 fully saturated rings. The van der Waals surface area contributed by atoms with Crippen molar-refractivity contribution in [1.29, 1.82) is 0 Å². The predicted molar refractivity (Wildman–Crippen MR) is 68.5 cm³/mol. The Kier molecular flexibility index (Phi) is 2.61. The van der Waals surface area contributed by atoms with Crippen molar-refractivity contribution in [3.05, 3.63) is 60.3 Å². The van der Waals surface area contributed by atoms with Crippen molar-refractivity contribution in [1.82, 2.24) is 14.5 Å². The van der Waals surface area contributed by atoms with Gasteiger partial charge in [0.05, 0.1) is 12.1 Å². The third-order valence-corrected chi connectivity index (χ3v) is 2.88. The topological polar surface area (TPSA) is 47.8 Å². The molecule has 0 aliphatic heterocycles. The molecule has 0 radical (unpaired) electrons. The molecule has 0 aliphatic rings. The predicted octanol–water partition coefficient (Wildman–Crippen LogP) is 2.29. The van der Waals surface area contributed by atoms with Crippen LogP contribution in [0.3, 0.4) is 0 Å². The molecule has 18 heavy (non-hydrogen) atoms. The molecular weight excluding hydrogens is 226 g/mol. The molecule has 88 valence electrons. The third-order valence-electron chi connectivity index (χ3n) is 2.88. The fourth-order valence-electron chi connectivity index (χ4n) is 2.08. The summed E-state index contributed by atoms with van der Waals surface area (Å²) in [5, 5.41) is 1.05. The third kappa shape index (κ3) is 1.78. The summed E-state index contributed by atoms with van der Waals surface area (Å²) in [5.74, 6) is 0.732. The molecule has 0 saturated heterocycles. The maximum absolute atomic E-state index is 11.1. The van der Waals surface area contributed by atoms with Crippen LogP contribution >= 0.6 is 0 Å². The van der Waals surface area contributed by atoms with Crippen molar-refractivity contribution in [2.45, 2.75) is 6.54 Å². The van der Waals surface area contributed by atoms with E-state index in [2.05, 4.69) is 9.97 Å². The van der Waals surface area contributed by atoms with Crippen LogP contribution in [0.5, 0.6) is 0 Å². The second kappa shape index (κ2) is 4.41. The smallest absolute Gasteiger partial charge is 0.152 e. The Morgan fingerprint density at radius 3 is 2.72 bits per heavy atom. The first kappa shape index (κ1) is 10.7. The van der Waals surface area contributed by atoms with E-state index in [0.717, 1.165) is 23.0 Å². The van der Waals surface area contributed by atoms with E-state index in [9.17, 15) is 4.79 Å². The van der Waals surface area contributed by atoms with Crippen LogP contribution in [0.4, 0.5) is 0 Å². The van der Waals surface area contributed by atoms with Gasteiger partial charge in [0.15, 0.2) is 6.29 Å². The highest BCUT2D eigenvalue weighted by Gasteiger charge is 2.07. The van der Waals surface area contributed by atoms with Crippen molar-refractivity contribution in [3.8, 4) is 0 Å². The van der Waals surface area contributed by atoms with Crippen LogP contribution in [0.1, 0.15) is 16.2 Å². The SMILES string of the molecule is O=Cc1cccc2ccn(Cc3ncccn3)c12. The van der Waals surface area contributed by atoms with Gasteiger partial charge in [-0.3, -0.25) is 4.79 Å². The number of fused-ring (bicyclic) bond motifs is 1. The van der Waals surface area contributed by atoms with E-state index in [4.69, 9.17) is 0 Å². The van der Waals surface area contributed by atoms with Crippen molar-refractivity contribution in [2.75, 3.05) is 0 Å². The highest BCUT2D eigenvalue weighted by Crippen LogP contribution is 2.19. The van der Waals surface area contributed by atoms with Crippen molar-refractivity contribution >= 4 is 17.2 Å². The zero-order valence-corrected chi connectivity index (χ0v) is 9.65. The summed E-state index contributed by atoms with van der Waals surface area (Å²) in [6.07, 6.45) is 6.27. The molecule has 0 saturated carbocycles. The van der Waals surface area contributed by atoms with Crippen LogP contribution in [-0.4, -0.2) is 20.8 Å². The molecule has 2 heterocycles. The number of carbonyl (C=O) groups excluding carboxylic acids is 1. The van der Waals surface area contributed by atoms with Gasteiger partial charge in [-0.1, -0.05) is 12.1 Å². The van der Waals surface area contributed by atoms with Gasteiger partial charge in [-0.25, -0.2) is 9.97 Å². The van der Waals surface area contributed by atoms with Gasteiger partial charge < -0.3 is 4.57 Å². The Morgan fingerprint density at radius 2 is 1.94 bits per heavy atom. The lowest BCUT2D eigenvalue weighted by Gasteiger charge is -2.05. The molecule has 0 atom stereocenters. The number of rotatable bonds is 3. The monoisotopic (exact) mass is 237 g/mol. The standard InChI is InChI=1S/C14H11N3O/c18-10-12-4-1-3-11-5-8-17(14(11)12)9-13-15-6-2-7-16-13/h1-8,10H,9H2. The van der Waals surface area contributed by atoms with E-state index in [-0.39, 0.29) is 0 Å². The van der Waals surface area contributed by atoms with Gasteiger partial charge >= 0.3 is 0 Å². The van der Waals surface area contributed by atoms with Crippen molar-refractivity contribution in [2.24, 2.45) is 0 Å². The van der Waals surface area contributed by atoms with Gasteiger partial charge in [0.2, 0.25) is 0 Å². The molecule has 0 unspecified atom stereocenters. The normalized spacial score (nSPS) is 10.7. The average molecular weight is 237 g/mol. The minimum Gasteiger partial charge on any atom is -0.339 e. The molecule has 3 aromatic rings. The van der Waals surface area contributed by atoms with Crippen LogP contribution in [0.2, 0.25) is 0 Å². The molecule has 0 amide bonds. The first-order valence-corrected chi connectivity index (χ1v) is 5.67. The first-order valence-electron chi connectivity index (χ1n) is 5.67. The Morgan fingerprint density at radius 1 is 1.11 bits per heavy atom. The lowest BCUT2D eigenvalue weighted by atomic mass is 10.1. The van der Waals surface area contributed by atoms with Crippen molar-refractivity contribution in [3.63, 3.8) is 0 Å². The largest absolute Gasteiger partial charge is 0.339 e. The first-order chi connectivity index (χ1) is 8.88. The van der Waals surface area contributed by atoms with Gasteiger partial charge in [-0.05, 0) is 18.2 Å². The second-order valence-electron chi connectivity index (χ2n) is 4.01. The van der Waals surface area contributed by atoms with Crippen molar-refractivity contribution < 1.29 is 4.79 Å². The number of carbonyl (C=O) groups is 1. The molecule has 3 rings (SSSR count). The van der Waals surface area contributed by atoms with Crippen LogP contribution in [0, 0.1) is 0 Å². The maximum Gasteiger partial charge on any atom is 0.152 e. The molecule has 1 aromatic carbocycles. The molecular formula is C14H11N3O. The van der Waals surface area contributed by atoms with Crippen LogP contribution in [0.15, 0.2) is 48.9 Å². The molecule has 0 spiro atoms. The van der Waals surface area contributed by atoms with E-state index < -0.39 is 0 Å². The van der Waals surface area contributed by atoms with Crippen LogP contribution in [-0.2, 0) is 6.54 Å². The van der Waals surface area contributed by atoms with Gasteiger partial charge in [0.1, 0.15) is 5.82 Å². The number of para-hydroxylation sites is 1. The molecule has 4 nitrogen and oxygen atoms in total. The van der Waals surface area contributed by atoms with E-state index in [1.54, 1.807) is 18.5 Å². The summed E-state index contributed by atoms with van der Waals surface area (Å²) in [6.45, 7) is 0.565. The number of nitrogens with zero attached hydrogens (tertiary/aromatic N) is 3. The summed E-state index contributed by atoms with van der Waals surface area (Å²) in [4.78, 5) is 19.5. The Balaban J connectivity index is 2.10. The number of hydrogen-bond acceptors (Lipinski definition) is 3. The molecule has 0 bridgehead atoms. The summed E-state index contributed by atoms with van der Waals surface area (Å²) in [5.41, 5.74) is 1.62. The highest BCUT2D eigenvalue weighted by atomic mass is 16.1. The molecule has 0 aliphatic carbocycles. The molecule has 2 aromatic heterocycles. The number of benzene rings is 1. The number of aromatic nitrogens is 3. The fraction of sp³-hybridized carbons (Fsp3) is 0.0714. The summed E-state index contributed by atoms with van der Waals surface area (Å²) in [6, 6.07) is 9.47. The summed E-state index contributed by atoms with van der Waals surface area (Å²) >= 11 is 0. The van der Waals surface area contributed by atoms with Crippen LogP contribution in [0.25, 0.3) is 10.9 Å². The van der Waals surface area contributed by atoms with Gasteiger partial charge in [0.25, 0.3) is 0 Å². The lowest BCUT2D eigenvalue weighted by Crippen LogP contribution is -2.03. The maximum atomic E-state index is 11.1. The van der Waals surface area contributed by atoms with Gasteiger partial charge in [0, 0.05) is 29.5 Å². The van der Waals surface area contributed by atoms with Crippen LogP contribution < -0.4 is 0 Å². The Labute approximate surface area is 104 Å². The highest BCUT2D eigenvalue weighted by molar-refractivity contribution is 5.96. The lowest BCUT2D eigenvalue weighted by molar-refractivity contribution is 0.112. The minimum absolute atomic E-state index is 0.565. The van der Waals surface area contributed by atoms with Gasteiger partial charge in [-0.15, -0.1) is 0 Å². The minimum atomic E-state index is 0.565. The molecule has 0 N–H and O–H groups in total. The van der Waals surface area contributed by atoms with Gasteiger partial charge in [-0.2, -0.15) is 0 Å². The van der Waals surface area contributed by atoms with E-state index >= 15 is 0 Å². The van der Waals surface area contributed by atoms with E-state index in [0.29, 0.717) is 12.1 Å². The second-order valence-corrected chi connectivity index (χ2v) is 4.01. The zero-order valence-electron chi connectivity index (χ0n) is 9.65.